The maximum Gasteiger partial charge on any atom is 0.227 e. The Morgan fingerprint density at radius 1 is 1.00 bits per heavy atom. The first kappa shape index (κ1) is 21.3. The third kappa shape index (κ3) is 4.01. The molecule has 5 rings (SSSR count). The summed E-state index contributed by atoms with van der Waals surface area (Å²) in [5, 5.41) is 7.06. The number of rotatable bonds is 6. The number of pyridine rings is 1. The van der Waals surface area contributed by atoms with Crippen LogP contribution in [0, 0.1) is 0 Å². The summed E-state index contributed by atoms with van der Waals surface area (Å²) < 4.78 is 13.4. The van der Waals surface area contributed by atoms with Gasteiger partial charge in [0.15, 0.2) is 11.5 Å². The van der Waals surface area contributed by atoms with Gasteiger partial charge in [0.25, 0.3) is 0 Å². The van der Waals surface area contributed by atoms with Gasteiger partial charge in [-0.05, 0) is 24.3 Å². The number of piperazine rings is 1. The molecule has 1 fully saturated rings. The Hall–Kier alpha value is -3.56. The van der Waals surface area contributed by atoms with Crippen molar-refractivity contribution in [1.29, 1.82) is 0 Å². The first-order valence-corrected chi connectivity index (χ1v) is 11.0. The first-order chi connectivity index (χ1) is 16.2. The predicted octanol–water partition coefficient (Wildman–Crippen LogP) is 3.62. The van der Waals surface area contributed by atoms with Crippen molar-refractivity contribution in [3.05, 3.63) is 53.9 Å². The van der Waals surface area contributed by atoms with Gasteiger partial charge in [-0.15, -0.1) is 0 Å². The van der Waals surface area contributed by atoms with Crippen molar-refractivity contribution in [2.45, 2.75) is 0 Å². The first-order valence-electron chi connectivity index (χ1n) is 10.6. The quantitative estimate of drug-likeness (QED) is 0.446. The topological polar surface area (TPSA) is 88.8 Å². The number of nitrogens with zero attached hydrogens (tertiary/aromatic N) is 5. The molecule has 0 aliphatic carbocycles. The van der Waals surface area contributed by atoms with Crippen LogP contribution in [0.4, 0.5) is 17.3 Å². The summed E-state index contributed by atoms with van der Waals surface area (Å²) in [4.78, 5) is 15.8. The molecule has 1 aliphatic heterocycles. The van der Waals surface area contributed by atoms with E-state index in [1.807, 2.05) is 40.9 Å². The fourth-order valence-corrected chi connectivity index (χ4v) is 4.23. The molecule has 10 heteroatoms. The van der Waals surface area contributed by atoms with Crippen LogP contribution in [0.3, 0.4) is 0 Å². The minimum Gasteiger partial charge on any atom is -0.491 e. The van der Waals surface area contributed by atoms with Crippen molar-refractivity contribution in [1.82, 2.24) is 24.7 Å². The monoisotopic (exact) mass is 465 g/mol. The molecule has 3 aromatic heterocycles. The molecule has 1 aromatic carbocycles. The van der Waals surface area contributed by atoms with Gasteiger partial charge in [0.05, 0.1) is 48.7 Å². The number of nitrogens with one attached hydrogen (secondary N) is 2. The zero-order chi connectivity index (χ0) is 22.8. The highest BCUT2D eigenvalue weighted by atomic mass is 35.5. The van der Waals surface area contributed by atoms with E-state index in [0.29, 0.717) is 33.9 Å². The number of hydrogen-bond acceptors (Lipinski definition) is 8. The molecular formula is C23H24ClN7O2. The summed E-state index contributed by atoms with van der Waals surface area (Å²) in [6.07, 6.45) is 5.25. The Morgan fingerprint density at radius 2 is 1.82 bits per heavy atom. The van der Waals surface area contributed by atoms with Gasteiger partial charge in [-0.1, -0.05) is 17.7 Å². The van der Waals surface area contributed by atoms with Crippen molar-refractivity contribution in [2.75, 3.05) is 50.6 Å². The molecule has 4 heterocycles. The number of methoxy groups -OCH3 is 2. The lowest BCUT2D eigenvalue weighted by molar-refractivity contribution is 0.356. The number of imidazole rings is 1. The lowest BCUT2D eigenvalue weighted by Gasteiger charge is -2.31. The summed E-state index contributed by atoms with van der Waals surface area (Å²) in [6, 6.07) is 9.77. The number of hydrogen-bond donors (Lipinski definition) is 2. The fraction of sp³-hybridized carbons (Fsp3) is 0.261. The third-order valence-electron chi connectivity index (χ3n) is 5.61. The van der Waals surface area contributed by atoms with Gasteiger partial charge < -0.3 is 25.0 Å². The number of ether oxygens (including phenoxy) is 2. The Morgan fingerprint density at radius 3 is 2.61 bits per heavy atom. The number of anilines is 3. The number of fused-ring (bicyclic) bond motifs is 1. The molecule has 0 atom stereocenters. The SMILES string of the molecule is COc1c(Nc2ncc(Cl)c(-c3cnc4ccccn34)n2)ccc(N2CCNCC2)c1OC. The Balaban J connectivity index is 1.51. The molecule has 0 radical (unpaired) electrons. The van der Waals surface area contributed by atoms with E-state index >= 15 is 0 Å². The number of benzene rings is 1. The van der Waals surface area contributed by atoms with E-state index in [9.17, 15) is 0 Å². The average Bonchev–Trinajstić information content (AvgIpc) is 3.29. The van der Waals surface area contributed by atoms with Crippen LogP contribution in [-0.4, -0.2) is 59.8 Å². The second-order valence-corrected chi connectivity index (χ2v) is 7.93. The molecule has 33 heavy (non-hydrogen) atoms. The molecule has 170 valence electrons. The molecular weight excluding hydrogens is 442 g/mol. The van der Waals surface area contributed by atoms with Crippen LogP contribution < -0.4 is 25.0 Å². The predicted molar refractivity (Wildman–Crippen MR) is 129 cm³/mol. The highest BCUT2D eigenvalue weighted by Gasteiger charge is 2.22. The van der Waals surface area contributed by atoms with Gasteiger partial charge in [0.2, 0.25) is 5.95 Å². The lowest BCUT2D eigenvalue weighted by atomic mass is 10.2. The van der Waals surface area contributed by atoms with Crippen molar-refractivity contribution >= 4 is 34.6 Å². The Labute approximate surface area is 196 Å². The van der Waals surface area contributed by atoms with Crippen LogP contribution in [-0.2, 0) is 0 Å². The van der Waals surface area contributed by atoms with Crippen molar-refractivity contribution < 1.29 is 9.47 Å². The molecule has 1 aliphatic rings. The minimum atomic E-state index is 0.385. The van der Waals surface area contributed by atoms with E-state index in [1.165, 1.54) is 0 Å². The van der Waals surface area contributed by atoms with E-state index in [2.05, 4.69) is 30.5 Å². The molecule has 0 saturated carbocycles. The summed E-state index contributed by atoms with van der Waals surface area (Å²) in [5.74, 6) is 1.64. The van der Waals surface area contributed by atoms with E-state index in [0.717, 1.165) is 43.2 Å². The van der Waals surface area contributed by atoms with Crippen molar-refractivity contribution in [2.24, 2.45) is 0 Å². The highest BCUT2D eigenvalue weighted by molar-refractivity contribution is 6.32. The maximum absolute atomic E-state index is 6.45. The van der Waals surface area contributed by atoms with Gasteiger partial charge in [0, 0.05) is 32.4 Å². The van der Waals surface area contributed by atoms with E-state index < -0.39 is 0 Å². The Kier molecular flexibility index (Phi) is 5.89. The van der Waals surface area contributed by atoms with Crippen molar-refractivity contribution in [3.63, 3.8) is 0 Å². The number of aromatic nitrogens is 4. The van der Waals surface area contributed by atoms with Crippen LogP contribution in [0.1, 0.15) is 0 Å². The average molecular weight is 466 g/mol. The molecule has 2 N–H and O–H groups in total. The van der Waals surface area contributed by atoms with E-state index in [4.69, 9.17) is 21.1 Å². The summed E-state index contributed by atoms with van der Waals surface area (Å²) in [5.41, 5.74) is 3.85. The zero-order valence-corrected chi connectivity index (χ0v) is 19.1. The normalized spacial score (nSPS) is 13.8. The van der Waals surface area contributed by atoms with Gasteiger partial charge in [-0.25, -0.2) is 15.0 Å². The Bertz CT molecular complexity index is 1290. The second-order valence-electron chi connectivity index (χ2n) is 7.52. The molecule has 0 amide bonds. The third-order valence-corrected chi connectivity index (χ3v) is 5.88. The second kappa shape index (κ2) is 9.13. The molecule has 0 spiro atoms. The standard InChI is InChI=1S/C23H24ClN7O2/c1-32-21-16(6-7-17(22(21)33-2)30-11-8-25-9-12-30)28-23-27-13-15(24)20(29-23)18-14-26-19-5-3-4-10-31(18)19/h3-7,10,13-14,25H,8-9,11-12H2,1-2H3,(H,27,28,29). The van der Waals surface area contributed by atoms with Crippen LogP contribution in [0.2, 0.25) is 5.02 Å². The molecule has 9 nitrogen and oxygen atoms in total. The largest absolute Gasteiger partial charge is 0.491 e. The van der Waals surface area contributed by atoms with Crippen molar-refractivity contribution in [3.8, 4) is 22.9 Å². The lowest BCUT2D eigenvalue weighted by Crippen LogP contribution is -2.43. The number of halogens is 1. The molecule has 4 aromatic rings. The summed E-state index contributed by atoms with van der Waals surface area (Å²) in [7, 11) is 3.27. The van der Waals surface area contributed by atoms with Gasteiger partial charge in [0.1, 0.15) is 11.3 Å². The van der Waals surface area contributed by atoms with E-state index in [-0.39, 0.29) is 0 Å². The smallest absolute Gasteiger partial charge is 0.227 e. The summed E-state index contributed by atoms with van der Waals surface area (Å²) >= 11 is 6.45. The molecule has 0 unspecified atom stereocenters. The van der Waals surface area contributed by atoms with Crippen LogP contribution in [0.5, 0.6) is 11.5 Å². The summed E-state index contributed by atoms with van der Waals surface area (Å²) in [6.45, 7) is 3.65. The fourth-order valence-electron chi connectivity index (χ4n) is 4.04. The van der Waals surface area contributed by atoms with Crippen LogP contribution in [0.15, 0.2) is 48.9 Å². The highest BCUT2D eigenvalue weighted by Crippen LogP contribution is 2.44. The zero-order valence-electron chi connectivity index (χ0n) is 18.4. The minimum absolute atomic E-state index is 0.385. The van der Waals surface area contributed by atoms with Gasteiger partial charge in [-0.2, -0.15) is 0 Å². The van der Waals surface area contributed by atoms with Gasteiger partial charge >= 0.3 is 0 Å². The van der Waals surface area contributed by atoms with Crippen LogP contribution >= 0.6 is 11.6 Å². The maximum atomic E-state index is 6.45. The molecule has 0 bridgehead atoms. The van der Waals surface area contributed by atoms with Gasteiger partial charge in [-0.3, -0.25) is 4.40 Å². The van der Waals surface area contributed by atoms with E-state index in [1.54, 1.807) is 26.6 Å². The van der Waals surface area contributed by atoms with Crippen LogP contribution in [0.25, 0.3) is 17.0 Å². The molecule has 1 saturated heterocycles.